The molecular formula is C21H26N2O2. The highest BCUT2D eigenvalue weighted by Gasteiger charge is 2.35. The SMILES string of the molecule is N[C@@H](Cc1ccccc1)C(=O)NCC1(c2ccccc2)CCOCC1. The van der Waals surface area contributed by atoms with Crippen molar-refractivity contribution in [1.82, 2.24) is 5.32 Å². The summed E-state index contributed by atoms with van der Waals surface area (Å²) < 4.78 is 5.54. The van der Waals surface area contributed by atoms with Gasteiger partial charge in [0.2, 0.25) is 5.91 Å². The first-order valence-electron chi connectivity index (χ1n) is 8.90. The van der Waals surface area contributed by atoms with Crippen molar-refractivity contribution in [2.75, 3.05) is 19.8 Å². The van der Waals surface area contributed by atoms with Crippen molar-refractivity contribution < 1.29 is 9.53 Å². The van der Waals surface area contributed by atoms with Crippen LogP contribution in [0.5, 0.6) is 0 Å². The van der Waals surface area contributed by atoms with Crippen molar-refractivity contribution in [2.24, 2.45) is 5.73 Å². The molecule has 0 unspecified atom stereocenters. The topological polar surface area (TPSA) is 64.4 Å². The van der Waals surface area contributed by atoms with Crippen molar-refractivity contribution in [1.29, 1.82) is 0 Å². The van der Waals surface area contributed by atoms with E-state index in [-0.39, 0.29) is 11.3 Å². The molecule has 4 nitrogen and oxygen atoms in total. The Labute approximate surface area is 149 Å². The van der Waals surface area contributed by atoms with Crippen LogP contribution in [0.25, 0.3) is 0 Å². The number of amides is 1. The Morgan fingerprint density at radius 2 is 1.64 bits per heavy atom. The van der Waals surface area contributed by atoms with Crippen LogP contribution in [0.3, 0.4) is 0 Å². The monoisotopic (exact) mass is 338 g/mol. The summed E-state index contributed by atoms with van der Waals surface area (Å²) in [7, 11) is 0. The van der Waals surface area contributed by atoms with Gasteiger partial charge in [0.05, 0.1) is 6.04 Å². The van der Waals surface area contributed by atoms with Crippen LogP contribution in [-0.4, -0.2) is 31.7 Å². The lowest BCUT2D eigenvalue weighted by molar-refractivity contribution is -0.122. The molecule has 1 saturated heterocycles. The average Bonchev–Trinajstić information content (AvgIpc) is 2.68. The summed E-state index contributed by atoms with van der Waals surface area (Å²) in [5, 5.41) is 3.09. The third kappa shape index (κ3) is 4.47. The smallest absolute Gasteiger partial charge is 0.237 e. The van der Waals surface area contributed by atoms with E-state index in [2.05, 4.69) is 29.6 Å². The molecule has 0 bridgehead atoms. The molecule has 0 aliphatic carbocycles. The predicted molar refractivity (Wildman–Crippen MR) is 99.3 cm³/mol. The molecule has 1 heterocycles. The van der Waals surface area contributed by atoms with E-state index >= 15 is 0 Å². The second kappa shape index (κ2) is 8.28. The van der Waals surface area contributed by atoms with Gasteiger partial charge >= 0.3 is 0 Å². The average molecular weight is 338 g/mol. The van der Waals surface area contributed by atoms with E-state index in [1.807, 2.05) is 36.4 Å². The zero-order chi connectivity index (χ0) is 17.5. The molecular weight excluding hydrogens is 312 g/mol. The van der Waals surface area contributed by atoms with E-state index in [0.717, 1.165) is 31.6 Å². The number of carbonyl (C=O) groups excluding carboxylic acids is 1. The molecule has 1 aliphatic rings. The lowest BCUT2D eigenvalue weighted by Gasteiger charge is -2.38. The van der Waals surface area contributed by atoms with Gasteiger partial charge in [-0.05, 0) is 30.4 Å². The first kappa shape index (κ1) is 17.6. The maximum absolute atomic E-state index is 12.5. The van der Waals surface area contributed by atoms with Crippen LogP contribution in [0.1, 0.15) is 24.0 Å². The van der Waals surface area contributed by atoms with Crippen LogP contribution in [0, 0.1) is 0 Å². The van der Waals surface area contributed by atoms with Gasteiger partial charge in [0.25, 0.3) is 0 Å². The van der Waals surface area contributed by atoms with E-state index in [0.29, 0.717) is 13.0 Å². The summed E-state index contributed by atoms with van der Waals surface area (Å²) >= 11 is 0. The van der Waals surface area contributed by atoms with E-state index in [1.54, 1.807) is 0 Å². The molecule has 4 heteroatoms. The number of ether oxygens (including phenoxy) is 1. The van der Waals surface area contributed by atoms with Crippen LogP contribution >= 0.6 is 0 Å². The molecule has 0 saturated carbocycles. The van der Waals surface area contributed by atoms with Gasteiger partial charge in [0.15, 0.2) is 0 Å². The maximum Gasteiger partial charge on any atom is 0.237 e. The normalized spacial score (nSPS) is 17.6. The minimum Gasteiger partial charge on any atom is -0.381 e. The third-order valence-electron chi connectivity index (χ3n) is 5.07. The fraction of sp³-hybridized carbons (Fsp3) is 0.381. The van der Waals surface area contributed by atoms with E-state index in [9.17, 15) is 4.79 Å². The largest absolute Gasteiger partial charge is 0.381 e. The summed E-state index contributed by atoms with van der Waals surface area (Å²) in [6.45, 7) is 2.05. The molecule has 1 atom stereocenters. The van der Waals surface area contributed by atoms with Crippen LogP contribution in [0.2, 0.25) is 0 Å². The predicted octanol–water partition coefficient (Wildman–Crippen LogP) is 2.42. The molecule has 1 aliphatic heterocycles. The molecule has 2 aromatic carbocycles. The number of carbonyl (C=O) groups is 1. The van der Waals surface area contributed by atoms with Crippen LogP contribution in [0.4, 0.5) is 0 Å². The molecule has 3 N–H and O–H groups in total. The Kier molecular flexibility index (Phi) is 5.84. The fourth-order valence-corrected chi connectivity index (χ4v) is 3.47. The van der Waals surface area contributed by atoms with E-state index in [4.69, 9.17) is 10.5 Å². The molecule has 2 aromatic rings. The third-order valence-corrected chi connectivity index (χ3v) is 5.07. The molecule has 0 radical (unpaired) electrons. The molecule has 0 spiro atoms. The minimum atomic E-state index is -0.532. The molecule has 3 rings (SSSR count). The Morgan fingerprint density at radius 1 is 1.04 bits per heavy atom. The van der Waals surface area contributed by atoms with E-state index < -0.39 is 6.04 Å². The molecule has 1 amide bonds. The molecule has 1 fully saturated rings. The number of hydrogen-bond donors (Lipinski definition) is 2. The molecule has 25 heavy (non-hydrogen) atoms. The summed E-state index contributed by atoms with van der Waals surface area (Å²) in [5.41, 5.74) is 8.38. The highest BCUT2D eigenvalue weighted by molar-refractivity contribution is 5.81. The van der Waals surface area contributed by atoms with Crippen LogP contribution in [0.15, 0.2) is 60.7 Å². The van der Waals surface area contributed by atoms with Gasteiger partial charge in [-0.2, -0.15) is 0 Å². The van der Waals surface area contributed by atoms with Crippen molar-refractivity contribution in [3.63, 3.8) is 0 Å². The highest BCUT2D eigenvalue weighted by atomic mass is 16.5. The Hall–Kier alpha value is -2.17. The number of nitrogens with one attached hydrogen (secondary N) is 1. The lowest BCUT2D eigenvalue weighted by atomic mass is 9.74. The quantitative estimate of drug-likeness (QED) is 0.850. The summed E-state index contributed by atoms with van der Waals surface area (Å²) in [6, 6.07) is 19.8. The van der Waals surface area contributed by atoms with Gasteiger partial charge in [-0.25, -0.2) is 0 Å². The van der Waals surface area contributed by atoms with Gasteiger partial charge in [-0.15, -0.1) is 0 Å². The first-order valence-corrected chi connectivity index (χ1v) is 8.90. The fourth-order valence-electron chi connectivity index (χ4n) is 3.47. The minimum absolute atomic E-state index is 0.0678. The zero-order valence-corrected chi connectivity index (χ0v) is 14.5. The van der Waals surface area contributed by atoms with Crippen LogP contribution in [-0.2, 0) is 21.4 Å². The second-order valence-corrected chi connectivity index (χ2v) is 6.77. The maximum atomic E-state index is 12.5. The van der Waals surface area contributed by atoms with Crippen LogP contribution < -0.4 is 11.1 Å². The van der Waals surface area contributed by atoms with Crippen molar-refractivity contribution in [3.05, 3.63) is 71.8 Å². The number of hydrogen-bond acceptors (Lipinski definition) is 3. The van der Waals surface area contributed by atoms with Gasteiger partial charge in [-0.3, -0.25) is 4.79 Å². The Bertz CT molecular complexity index is 667. The van der Waals surface area contributed by atoms with Gasteiger partial charge < -0.3 is 15.8 Å². The second-order valence-electron chi connectivity index (χ2n) is 6.77. The van der Waals surface area contributed by atoms with Crippen molar-refractivity contribution in [3.8, 4) is 0 Å². The lowest BCUT2D eigenvalue weighted by Crippen LogP contribution is -2.49. The molecule has 0 aromatic heterocycles. The van der Waals surface area contributed by atoms with Gasteiger partial charge in [-0.1, -0.05) is 60.7 Å². The van der Waals surface area contributed by atoms with Crippen molar-refractivity contribution in [2.45, 2.75) is 30.7 Å². The van der Waals surface area contributed by atoms with Gasteiger partial charge in [0, 0.05) is 25.2 Å². The number of rotatable bonds is 6. The summed E-state index contributed by atoms with van der Waals surface area (Å²) in [4.78, 5) is 12.5. The van der Waals surface area contributed by atoms with E-state index in [1.165, 1.54) is 5.56 Å². The Balaban J connectivity index is 1.64. The number of benzene rings is 2. The van der Waals surface area contributed by atoms with Gasteiger partial charge in [0.1, 0.15) is 0 Å². The van der Waals surface area contributed by atoms with Crippen molar-refractivity contribution >= 4 is 5.91 Å². The summed E-state index contributed by atoms with van der Waals surface area (Å²) in [6.07, 6.45) is 2.37. The zero-order valence-electron chi connectivity index (χ0n) is 14.5. The summed E-state index contributed by atoms with van der Waals surface area (Å²) in [5.74, 6) is -0.0920. The first-order chi connectivity index (χ1) is 12.2. The Morgan fingerprint density at radius 3 is 2.28 bits per heavy atom. The number of nitrogens with two attached hydrogens (primary N) is 1. The standard InChI is InChI=1S/C21H26N2O2/c22-19(15-17-7-3-1-4-8-17)20(24)23-16-21(11-13-25-14-12-21)18-9-5-2-6-10-18/h1-10,19H,11-16,22H2,(H,23,24)/t19-/m0/s1. The highest BCUT2D eigenvalue weighted by Crippen LogP contribution is 2.34. The molecule has 132 valence electrons.